The van der Waals surface area contributed by atoms with E-state index in [1.54, 1.807) is 0 Å². The molecule has 2 aromatic rings. The Balaban J connectivity index is 1.66. The zero-order chi connectivity index (χ0) is 12.5. The maximum Gasteiger partial charge on any atom is 0.0521 e. The summed E-state index contributed by atoms with van der Waals surface area (Å²) in [6.45, 7) is 0. The summed E-state index contributed by atoms with van der Waals surface area (Å²) in [6.07, 6.45) is 7.63. The quantitative estimate of drug-likeness (QED) is 0.791. The highest BCUT2D eigenvalue weighted by atomic mass is 79.9. The lowest BCUT2D eigenvalue weighted by Gasteiger charge is -2.13. The van der Waals surface area contributed by atoms with Crippen molar-refractivity contribution in [1.29, 1.82) is 0 Å². The summed E-state index contributed by atoms with van der Waals surface area (Å²) < 4.78 is 1.88. The molecule has 1 aromatic carbocycles. The Morgan fingerprint density at radius 2 is 2.22 bits per heavy atom. The number of nitrogens with zero attached hydrogens (tertiary/aromatic N) is 2. The van der Waals surface area contributed by atoms with Crippen molar-refractivity contribution < 1.29 is 0 Å². The van der Waals surface area contributed by atoms with E-state index in [4.69, 9.17) is 0 Å². The number of benzene rings is 1. The second-order valence-corrected chi connectivity index (χ2v) is 6.11. The fourth-order valence-electron chi connectivity index (χ4n) is 2.83. The number of fused-ring (bicyclic) bond motifs is 1. The second kappa shape index (κ2) is 4.88. The van der Waals surface area contributed by atoms with Gasteiger partial charge in [0.1, 0.15) is 0 Å². The van der Waals surface area contributed by atoms with Crippen LogP contribution in [0.15, 0.2) is 36.7 Å². The Labute approximate surface area is 116 Å². The molecule has 0 spiro atoms. The monoisotopic (exact) mass is 304 g/mol. The molecule has 18 heavy (non-hydrogen) atoms. The van der Waals surface area contributed by atoms with Crippen LogP contribution in [0, 0.1) is 5.92 Å². The number of alkyl halides is 1. The van der Waals surface area contributed by atoms with Crippen molar-refractivity contribution in [2.45, 2.75) is 24.1 Å². The summed E-state index contributed by atoms with van der Waals surface area (Å²) >= 11 is 3.86. The molecule has 0 saturated carbocycles. The predicted octanol–water partition coefficient (Wildman–Crippen LogP) is 3.66. The van der Waals surface area contributed by atoms with Crippen LogP contribution in [0.4, 0.5) is 0 Å². The van der Waals surface area contributed by atoms with Crippen molar-refractivity contribution in [1.82, 2.24) is 9.78 Å². The Morgan fingerprint density at radius 1 is 1.39 bits per heavy atom. The van der Waals surface area contributed by atoms with Crippen LogP contribution in [0.5, 0.6) is 0 Å². The number of aryl methyl sites for hydroxylation is 2. The summed E-state index contributed by atoms with van der Waals surface area (Å²) in [5, 5.41) is 4.23. The first-order valence-corrected chi connectivity index (χ1v) is 7.35. The third kappa shape index (κ3) is 2.24. The molecule has 0 saturated heterocycles. The van der Waals surface area contributed by atoms with Gasteiger partial charge in [-0.15, -0.1) is 0 Å². The second-order valence-electron chi connectivity index (χ2n) is 5.13. The molecular formula is C15H17BrN2. The molecule has 0 aliphatic heterocycles. The zero-order valence-corrected chi connectivity index (χ0v) is 12.1. The molecule has 0 amide bonds. The standard InChI is InChI=1S/C15H17BrN2/c1-18-10-11(9-17-18)6-7-13-8-12-4-2-3-5-14(12)15(13)16/h2-5,9-10,13,15H,6-8H2,1H3. The topological polar surface area (TPSA) is 17.8 Å². The lowest BCUT2D eigenvalue weighted by molar-refractivity contribution is 0.511. The van der Waals surface area contributed by atoms with E-state index in [0.717, 1.165) is 6.42 Å². The smallest absolute Gasteiger partial charge is 0.0521 e. The molecule has 0 bridgehead atoms. The van der Waals surface area contributed by atoms with Crippen molar-refractivity contribution in [2.75, 3.05) is 0 Å². The molecule has 2 atom stereocenters. The van der Waals surface area contributed by atoms with Gasteiger partial charge in [-0.25, -0.2) is 0 Å². The third-order valence-electron chi connectivity index (χ3n) is 3.81. The van der Waals surface area contributed by atoms with Gasteiger partial charge in [-0.2, -0.15) is 5.10 Å². The summed E-state index contributed by atoms with van der Waals surface area (Å²) in [6, 6.07) is 8.78. The number of hydrogen-bond acceptors (Lipinski definition) is 1. The number of aromatic nitrogens is 2. The summed E-state index contributed by atoms with van der Waals surface area (Å²) in [4.78, 5) is 0.519. The van der Waals surface area contributed by atoms with Gasteiger partial charge in [-0.3, -0.25) is 4.68 Å². The maximum atomic E-state index is 4.23. The van der Waals surface area contributed by atoms with Gasteiger partial charge in [0.2, 0.25) is 0 Å². The SMILES string of the molecule is Cn1cc(CCC2Cc3ccccc3C2Br)cn1. The number of rotatable bonds is 3. The van der Waals surface area contributed by atoms with Crippen LogP contribution >= 0.6 is 15.9 Å². The van der Waals surface area contributed by atoms with Crippen LogP contribution in [0.2, 0.25) is 0 Å². The van der Waals surface area contributed by atoms with Crippen molar-refractivity contribution in [3.63, 3.8) is 0 Å². The Bertz CT molecular complexity index is 547. The summed E-state index contributed by atoms with van der Waals surface area (Å²) in [7, 11) is 1.97. The Kier molecular flexibility index (Phi) is 3.25. The van der Waals surface area contributed by atoms with Crippen molar-refractivity contribution in [3.8, 4) is 0 Å². The number of hydrogen-bond donors (Lipinski definition) is 0. The molecule has 3 rings (SSSR count). The molecule has 1 aliphatic carbocycles. The summed E-state index contributed by atoms with van der Waals surface area (Å²) in [5.41, 5.74) is 4.33. The minimum atomic E-state index is 0.519. The lowest BCUT2D eigenvalue weighted by atomic mass is 9.98. The molecule has 2 unspecified atom stereocenters. The first kappa shape index (κ1) is 12.0. The normalized spacial score (nSPS) is 22.1. The van der Waals surface area contributed by atoms with Crippen LogP contribution in [-0.2, 0) is 19.9 Å². The average molecular weight is 305 g/mol. The van der Waals surface area contributed by atoms with E-state index in [9.17, 15) is 0 Å². The van der Waals surface area contributed by atoms with E-state index in [1.165, 1.54) is 29.5 Å². The minimum Gasteiger partial charge on any atom is -0.276 e. The van der Waals surface area contributed by atoms with Gasteiger partial charge in [0, 0.05) is 18.1 Å². The maximum absolute atomic E-state index is 4.23. The molecule has 1 heterocycles. The fraction of sp³-hybridized carbons (Fsp3) is 0.400. The molecule has 1 aliphatic rings. The van der Waals surface area contributed by atoms with Gasteiger partial charge >= 0.3 is 0 Å². The molecule has 94 valence electrons. The van der Waals surface area contributed by atoms with Gasteiger partial charge < -0.3 is 0 Å². The molecule has 1 aromatic heterocycles. The molecule has 0 fully saturated rings. The lowest BCUT2D eigenvalue weighted by Crippen LogP contribution is -2.03. The molecular weight excluding hydrogens is 288 g/mol. The highest BCUT2D eigenvalue weighted by Gasteiger charge is 2.29. The van der Waals surface area contributed by atoms with Crippen molar-refractivity contribution >= 4 is 15.9 Å². The van der Waals surface area contributed by atoms with Crippen LogP contribution in [0.1, 0.15) is 27.9 Å². The Hall–Kier alpha value is -1.09. The molecule has 0 radical (unpaired) electrons. The first-order chi connectivity index (χ1) is 8.74. The third-order valence-corrected chi connectivity index (χ3v) is 5.05. The van der Waals surface area contributed by atoms with Gasteiger partial charge in [0.25, 0.3) is 0 Å². The first-order valence-electron chi connectivity index (χ1n) is 6.43. The minimum absolute atomic E-state index is 0.519. The van der Waals surface area contributed by atoms with E-state index in [0.29, 0.717) is 10.7 Å². The largest absolute Gasteiger partial charge is 0.276 e. The summed E-state index contributed by atoms with van der Waals surface area (Å²) in [5.74, 6) is 0.711. The molecule has 2 nitrogen and oxygen atoms in total. The van der Waals surface area contributed by atoms with E-state index < -0.39 is 0 Å². The van der Waals surface area contributed by atoms with Gasteiger partial charge in [-0.1, -0.05) is 40.2 Å². The molecule has 3 heteroatoms. The van der Waals surface area contributed by atoms with Crippen LogP contribution in [0.3, 0.4) is 0 Å². The number of halogens is 1. The Morgan fingerprint density at radius 3 is 2.94 bits per heavy atom. The van der Waals surface area contributed by atoms with Crippen LogP contribution in [0.25, 0.3) is 0 Å². The van der Waals surface area contributed by atoms with E-state index in [2.05, 4.69) is 51.5 Å². The highest BCUT2D eigenvalue weighted by Crippen LogP contribution is 2.43. The average Bonchev–Trinajstić information content (AvgIpc) is 2.92. The highest BCUT2D eigenvalue weighted by molar-refractivity contribution is 9.09. The molecule has 0 N–H and O–H groups in total. The van der Waals surface area contributed by atoms with Crippen LogP contribution in [-0.4, -0.2) is 9.78 Å². The fourth-order valence-corrected chi connectivity index (χ4v) is 3.73. The van der Waals surface area contributed by atoms with Gasteiger partial charge in [0.05, 0.1) is 6.20 Å². The van der Waals surface area contributed by atoms with Gasteiger partial charge in [0.15, 0.2) is 0 Å². The van der Waals surface area contributed by atoms with Gasteiger partial charge in [-0.05, 0) is 41.9 Å². The van der Waals surface area contributed by atoms with E-state index in [-0.39, 0.29) is 0 Å². The predicted molar refractivity (Wildman–Crippen MR) is 76.8 cm³/mol. The zero-order valence-electron chi connectivity index (χ0n) is 10.5. The van der Waals surface area contributed by atoms with Crippen LogP contribution < -0.4 is 0 Å². The van der Waals surface area contributed by atoms with Crippen molar-refractivity contribution in [3.05, 3.63) is 53.3 Å². The van der Waals surface area contributed by atoms with E-state index in [1.807, 2.05) is 17.9 Å². The van der Waals surface area contributed by atoms with E-state index >= 15 is 0 Å². The van der Waals surface area contributed by atoms with Crippen molar-refractivity contribution in [2.24, 2.45) is 13.0 Å².